The highest BCUT2D eigenvalue weighted by Crippen LogP contribution is 2.14. The van der Waals surface area contributed by atoms with E-state index in [0.29, 0.717) is 5.92 Å². The number of sulfonamides is 1. The second kappa shape index (κ2) is 9.18. The average molecular weight is 369 g/mol. The van der Waals surface area contributed by atoms with Crippen LogP contribution in [0.5, 0.6) is 0 Å². The topological polar surface area (TPSA) is 72.2 Å². The molecule has 3 N–H and O–H groups in total. The van der Waals surface area contributed by atoms with Crippen molar-refractivity contribution in [2.75, 3.05) is 6.54 Å². The second-order valence-corrected chi connectivity index (χ2v) is 7.57. The number of rotatable bonds is 7. The smallest absolute Gasteiger partial charge is 0.238 e. The summed E-state index contributed by atoms with van der Waals surface area (Å²) in [7, 11) is -3.61. The molecule has 0 aliphatic rings. The summed E-state index contributed by atoms with van der Waals surface area (Å²) < 4.78 is 22.4. The number of nitrogens with two attached hydrogens (primary N) is 1. The average Bonchev–Trinajstić information content (AvgIpc) is 2.51. The zero-order chi connectivity index (χ0) is 16.9. The number of hydrogen-bond donors (Lipinski definition) is 2. The maximum absolute atomic E-state index is 11.2. The van der Waals surface area contributed by atoms with Crippen molar-refractivity contribution in [2.45, 2.75) is 37.6 Å². The minimum Gasteiger partial charge on any atom is -0.312 e. The lowest BCUT2D eigenvalue weighted by atomic mass is 10.0. The van der Waals surface area contributed by atoms with Gasteiger partial charge in [0.05, 0.1) is 4.90 Å². The van der Waals surface area contributed by atoms with Gasteiger partial charge in [-0.25, -0.2) is 13.6 Å². The molecule has 0 aliphatic carbocycles. The Balaban J connectivity index is 0.00000288. The molecule has 0 aliphatic heterocycles. The van der Waals surface area contributed by atoms with Crippen LogP contribution in [0.4, 0.5) is 0 Å². The largest absolute Gasteiger partial charge is 0.312 e. The summed E-state index contributed by atoms with van der Waals surface area (Å²) >= 11 is 0. The van der Waals surface area contributed by atoms with Gasteiger partial charge in [-0.1, -0.05) is 50.2 Å². The summed E-state index contributed by atoms with van der Waals surface area (Å²) in [5.74, 6) is 0.553. The van der Waals surface area contributed by atoms with E-state index >= 15 is 0 Å². The SMILES string of the molecule is CC(C)c1ccc(CNCCc2ccc(S(N)(=O)=O)cc2)cc1.Cl. The number of nitrogens with one attached hydrogen (secondary N) is 1. The van der Waals surface area contributed by atoms with Gasteiger partial charge in [-0.05, 0) is 47.7 Å². The van der Waals surface area contributed by atoms with Crippen LogP contribution in [0.25, 0.3) is 0 Å². The molecule has 6 heteroatoms. The van der Waals surface area contributed by atoms with Crippen LogP contribution >= 0.6 is 12.4 Å². The quantitative estimate of drug-likeness (QED) is 0.737. The van der Waals surface area contributed by atoms with Gasteiger partial charge in [-0.15, -0.1) is 12.4 Å². The zero-order valence-electron chi connectivity index (χ0n) is 14.0. The van der Waals surface area contributed by atoms with E-state index < -0.39 is 10.0 Å². The van der Waals surface area contributed by atoms with Crippen molar-refractivity contribution in [1.82, 2.24) is 5.32 Å². The first-order valence-corrected chi connectivity index (χ1v) is 9.32. The summed E-state index contributed by atoms with van der Waals surface area (Å²) in [6, 6.07) is 15.4. The summed E-state index contributed by atoms with van der Waals surface area (Å²) in [5, 5.41) is 8.48. The van der Waals surface area contributed by atoms with Crippen LogP contribution < -0.4 is 10.5 Å². The Kier molecular flexibility index (Phi) is 7.90. The molecule has 2 rings (SSSR count). The molecule has 2 aromatic rings. The van der Waals surface area contributed by atoms with E-state index in [1.807, 2.05) is 0 Å². The molecule has 0 atom stereocenters. The normalized spacial score (nSPS) is 11.3. The molecule has 24 heavy (non-hydrogen) atoms. The summed E-state index contributed by atoms with van der Waals surface area (Å²) in [5.41, 5.74) is 3.70. The third-order valence-electron chi connectivity index (χ3n) is 3.82. The standard InChI is InChI=1S/C18H24N2O2S.ClH/c1-14(2)17-7-3-16(4-8-17)13-20-12-11-15-5-9-18(10-6-15)23(19,21)22;/h3-10,14,20H,11-13H2,1-2H3,(H2,19,21,22);1H. The lowest BCUT2D eigenvalue weighted by molar-refractivity contribution is 0.597. The molecular weight excluding hydrogens is 344 g/mol. The molecule has 0 bridgehead atoms. The molecular formula is C18H25ClN2O2S. The third kappa shape index (κ3) is 6.24. The summed E-state index contributed by atoms with van der Waals surface area (Å²) in [6.45, 7) is 6.04. The first kappa shape index (κ1) is 20.6. The number of benzene rings is 2. The van der Waals surface area contributed by atoms with Gasteiger partial charge in [0.2, 0.25) is 10.0 Å². The van der Waals surface area contributed by atoms with Crippen LogP contribution in [0.2, 0.25) is 0 Å². The molecule has 0 aromatic heterocycles. The molecule has 0 radical (unpaired) electrons. The van der Waals surface area contributed by atoms with Crippen LogP contribution in [-0.2, 0) is 23.0 Å². The van der Waals surface area contributed by atoms with Crippen LogP contribution in [0.15, 0.2) is 53.4 Å². The van der Waals surface area contributed by atoms with Gasteiger partial charge in [0.1, 0.15) is 0 Å². The van der Waals surface area contributed by atoms with E-state index in [4.69, 9.17) is 5.14 Å². The molecule has 0 spiro atoms. The van der Waals surface area contributed by atoms with E-state index in [1.54, 1.807) is 24.3 Å². The predicted octanol–water partition coefficient (Wildman–Crippen LogP) is 3.21. The van der Waals surface area contributed by atoms with Gasteiger partial charge in [0.15, 0.2) is 0 Å². The van der Waals surface area contributed by atoms with Gasteiger partial charge in [-0.2, -0.15) is 0 Å². The van der Waals surface area contributed by atoms with E-state index in [1.165, 1.54) is 11.1 Å². The first-order valence-electron chi connectivity index (χ1n) is 7.77. The van der Waals surface area contributed by atoms with Gasteiger partial charge >= 0.3 is 0 Å². The van der Waals surface area contributed by atoms with Gasteiger partial charge in [-0.3, -0.25) is 0 Å². The molecule has 0 heterocycles. The minimum absolute atomic E-state index is 0. The summed E-state index contributed by atoms with van der Waals surface area (Å²) in [6.07, 6.45) is 0.842. The van der Waals surface area contributed by atoms with E-state index in [2.05, 4.69) is 43.4 Å². The lowest BCUT2D eigenvalue weighted by Gasteiger charge is -2.08. The fourth-order valence-corrected chi connectivity index (χ4v) is 2.85. The van der Waals surface area contributed by atoms with Gasteiger partial charge in [0.25, 0.3) is 0 Å². The molecule has 132 valence electrons. The van der Waals surface area contributed by atoms with Crippen molar-refractivity contribution in [1.29, 1.82) is 0 Å². The van der Waals surface area contributed by atoms with E-state index in [9.17, 15) is 8.42 Å². The molecule has 0 amide bonds. The Morgan fingerprint density at radius 1 is 0.958 bits per heavy atom. The highest BCUT2D eigenvalue weighted by atomic mass is 35.5. The maximum atomic E-state index is 11.2. The monoisotopic (exact) mass is 368 g/mol. The Bertz CT molecular complexity index is 727. The van der Waals surface area contributed by atoms with Crippen LogP contribution in [0.1, 0.15) is 36.5 Å². The molecule has 4 nitrogen and oxygen atoms in total. The van der Waals surface area contributed by atoms with Crippen molar-refractivity contribution in [3.05, 3.63) is 65.2 Å². The Labute approximate surface area is 150 Å². The Morgan fingerprint density at radius 2 is 1.50 bits per heavy atom. The van der Waals surface area contributed by atoms with E-state index in [-0.39, 0.29) is 17.3 Å². The molecule has 0 saturated carbocycles. The third-order valence-corrected chi connectivity index (χ3v) is 4.75. The minimum atomic E-state index is -3.61. The highest BCUT2D eigenvalue weighted by molar-refractivity contribution is 7.89. The van der Waals surface area contributed by atoms with Gasteiger partial charge in [0, 0.05) is 6.54 Å². The fourth-order valence-electron chi connectivity index (χ4n) is 2.33. The van der Waals surface area contributed by atoms with Crippen molar-refractivity contribution < 1.29 is 8.42 Å². The van der Waals surface area contributed by atoms with Crippen molar-refractivity contribution >= 4 is 22.4 Å². The van der Waals surface area contributed by atoms with Crippen molar-refractivity contribution in [3.63, 3.8) is 0 Å². The maximum Gasteiger partial charge on any atom is 0.238 e. The van der Waals surface area contributed by atoms with Crippen molar-refractivity contribution in [3.8, 4) is 0 Å². The number of primary sulfonamides is 1. The van der Waals surface area contributed by atoms with Crippen LogP contribution in [-0.4, -0.2) is 15.0 Å². The Morgan fingerprint density at radius 3 is 2.00 bits per heavy atom. The number of halogens is 1. The highest BCUT2D eigenvalue weighted by Gasteiger charge is 2.06. The zero-order valence-corrected chi connectivity index (χ0v) is 15.7. The fraction of sp³-hybridized carbons (Fsp3) is 0.333. The predicted molar refractivity (Wildman–Crippen MR) is 101 cm³/mol. The van der Waals surface area contributed by atoms with Crippen LogP contribution in [0, 0.1) is 0 Å². The molecule has 0 saturated heterocycles. The van der Waals surface area contributed by atoms with E-state index in [0.717, 1.165) is 25.1 Å². The number of hydrogen-bond acceptors (Lipinski definition) is 3. The lowest BCUT2D eigenvalue weighted by Crippen LogP contribution is -2.17. The second-order valence-electron chi connectivity index (χ2n) is 6.01. The van der Waals surface area contributed by atoms with Crippen LogP contribution in [0.3, 0.4) is 0 Å². The van der Waals surface area contributed by atoms with Crippen molar-refractivity contribution in [2.24, 2.45) is 5.14 Å². The molecule has 0 unspecified atom stereocenters. The van der Waals surface area contributed by atoms with Gasteiger partial charge < -0.3 is 5.32 Å². The Hall–Kier alpha value is -1.40. The molecule has 0 fully saturated rings. The molecule has 2 aromatic carbocycles. The first-order chi connectivity index (χ1) is 10.9. The summed E-state index contributed by atoms with van der Waals surface area (Å²) in [4.78, 5) is 0.152.